The van der Waals surface area contributed by atoms with Gasteiger partial charge < -0.3 is 20.2 Å². The van der Waals surface area contributed by atoms with Gasteiger partial charge in [0.25, 0.3) is 0 Å². The Bertz CT molecular complexity index is 1210. The van der Waals surface area contributed by atoms with Crippen molar-refractivity contribution in [1.82, 2.24) is 15.0 Å². The van der Waals surface area contributed by atoms with E-state index in [4.69, 9.17) is 15.2 Å². The van der Waals surface area contributed by atoms with Crippen molar-refractivity contribution in [2.75, 3.05) is 6.79 Å². The quantitative estimate of drug-likeness (QED) is 0.559. The molecule has 29 heavy (non-hydrogen) atoms. The molecule has 2 aromatic heterocycles. The third-order valence-electron chi connectivity index (χ3n) is 4.76. The Labute approximate surface area is 166 Å². The van der Waals surface area contributed by atoms with Crippen LogP contribution < -0.4 is 15.2 Å². The van der Waals surface area contributed by atoms with Crippen LogP contribution in [-0.2, 0) is 0 Å². The van der Waals surface area contributed by atoms with Gasteiger partial charge in [-0.1, -0.05) is 18.2 Å². The van der Waals surface area contributed by atoms with Gasteiger partial charge in [-0.25, -0.2) is 4.98 Å². The minimum atomic E-state index is -0.457. The number of imidazole rings is 1. The highest BCUT2D eigenvalue weighted by molar-refractivity contribution is 5.93. The van der Waals surface area contributed by atoms with E-state index in [1.165, 1.54) is 0 Å². The van der Waals surface area contributed by atoms with E-state index in [9.17, 15) is 4.79 Å². The van der Waals surface area contributed by atoms with Gasteiger partial charge in [0.1, 0.15) is 5.82 Å². The molecule has 7 nitrogen and oxygen atoms in total. The smallest absolute Gasteiger partial charge is 0.248 e. The van der Waals surface area contributed by atoms with Gasteiger partial charge in [0, 0.05) is 17.3 Å². The number of aromatic amines is 1. The number of fused-ring (bicyclic) bond motifs is 1. The molecule has 0 atom stereocenters. The summed E-state index contributed by atoms with van der Waals surface area (Å²) < 4.78 is 10.8. The molecule has 0 bridgehead atoms. The standard InChI is InChI=1S/C22H16N4O3/c23-21(27)13-1-3-14(4-2-13)22-25-11-18(26-22)17-9-16(7-8-24-17)15-5-6-19-20(10-15)29-12-28-19/h1-11H,12H2,(H2,23,27)(H,25,26). The monoisotopic (exact) mass is 384 g/mol. The first-order chi connectivity index (χ1) is 14.2. The van der Waals surface area contributed by atoms with E-state index in [1.807, 2.05) is 30.3 Å². The van der Waals surface area contributed by atoms with Crippen molar-refractivity contribution < 1.29 is 14.3 Å². The minimum Gasteiger partial charge on any atom is -0.454 e. The van der Waals surface area contributed by atoms with Crippen molar-refractivity contribution in [3.8, 4) is 45.4 Å². The number of primary amides is 1. The number of aromatic nitrogens is 3. The van der Waals surface area contributed by atoms with Crippen LogP contribution in [0.25, 0.3) is 33.9 Å². The molecule has 1 aliphatic heterocycles. The number of nitrogens with one attached hydrogen (secondary N) is 1. The van der Waals surface area contributed by atoms with Crippen LogP contribution in [0.2, 0.25) is 0 Å². The average Bonchev–Trinajstić information content (AvgIpc) is 3.43. The summed E-state index contributed by atoms with van der Waals surface area (Å²) >= 11 is 0. The predicted octanol–water partition coefficient (Wildman–Crippen LogP) is 3.63. The maximum absolute atomic E-state index is 11.2. The van der Waals surface area contributed by atoms with E-state index in [0.29, 0.717) is 11.4 Å². The first kappa shape index (κ1) is 17.0. The summed E-state index contributed by atoms with van der Waals surface area (Å²) in [6.07, 6.45) is 3.50. The van der Waals surface area contributed by atoms with Gasteiger partial charge in [-0.3, -0.25) is 9.78 Å². The Balaban J connectivity index is 1.45. The normalized spacial score (nSPS) is 12.1. The fraction of sp³-hybridized carbons (Fsp3) is 0.0455. The number of amides is 1. The molecule has 2 aromatic carbocycles. The van der Waals surface area contributed by atoms with Crippen LogP contribution >= 0.6 is 0 Å². The molecule has 0 saturated heterocycles. The molecular formula is C22H16N4O3. The summed E-state index contributed by atoms with van der Waals surface area (Å²) in [6.45, 7) is 0.248. The third kappa shape index (κ3) is 3.19. The topological polar surface area (TPSA) is 103 Å². The zero-order chi connectivity index (χ0) is 19.8. The lowest BCUT2D eigenvalue weighted by molar-refractivity contribution is 0.100. The van der Waals surface area contributed by atoms with Crippen LogP contribution in [-0.4, -0.2) is 27.7 Å². The first-order valence-corrected chi connectivity index (χ1v) is 8.99. The van der Waals surface area contributed by atoms with Crippen molar-refractivity contribution in [2.24, 2.45) is 5.73 Å². The number of carbonyl (C=O) groups excluding carboxylic acids is 1. The van der Waals surface area contributed by atoms with Crippen LogP contribution in [0.4, 0.5) is 0 Å². The maximum atomic E-state index is 11.2. The fourth-order valence-corrected chi connectivity index (χ4v) is 3.22. The van der Waals surface area contributed by atoms with Crippen LogP contribution in [0, 0.1) is 0 Å². The van der Waals surface area contributed by atoms with E-state index in [-0.39, 0.29) is 6.79 Å². The van der Waals surface area contributed by atoms with Gasteiger partial charge in [-0.05, 0) is 47.5 Å². The number of H-pyrrole nitrogens is 1. The number of hydrogen-bond acceptors (Lipinski definition) is 5. The summed E-state index contributed by atoms with van der Waals surface area (Å²) in [7, 11) is 0. The van der Waals surface area contributed by atoms with Crippen molar-refractivity contribution in [3.63, 3.8) is 0 Å². The lowest BCUT2D eigenvalue weighted by Gasteiger charge is -2.05. The zero-order valence-electron chi connectivity index (χ0n) is 15.3. The van der Waals surface area contributed by atoms with Gasteiger partial charge in [0.2, 0.25) is 12.7 Å². The summed E-state index contributed by atoms with van der Waals surface area (Å²) in [4.78, 5) is 23.4. The molecule has 0 spiro atoms. The predicted molar refractivity (Wildman–Crippen MR) is 107 cm³/mol. The Kier molecular flexibility index (Phi) is 3.98. The number of nitrogens with two attached hydrogens (primary N) is 1. The van der Waals surface area contributed by atoms with Crippen LogP contribution in [0.1, 0.15) is 10.4 Å². The van der Waals surface area contributed by atoms with E-state index in [2.05, 4.69) is 15.0 Å². The van der Waals surface area contributed by atoms with Crippen LogP contribution in [0.5, 0.6) is 11.5 Å². The molecular weight excluding hydrogens is 368 g/mol. The average molecular weight is 384 g/mol. The van der Waals surface area contributed by atoms with E-state index < -0.39 is 5.91 Å². The Morgan fingerprint density at radius 2 is 1.66 bits per heavy atom. The van der Waals surface area contributed by atoms with E-state index in [0.717, 1.165) is 39.6 Å². The molecule has 3 N–H and O–H groups in total. The summed E-state index contributed by atoms with van der Waals surface area (Å²) in [6, 6.07) is 16.8. The number of benzene rings is 2. The van der Waals surface area contributed by atoms with Crippen molar-refractivity contribution >= 4 is 5.91 Å². The van der Waals surface area contributed by atoms with E-state index in [1.54, 1.807) is 36.7 Å². The molecule has 142 valence electrons. The van der Waals surface area contributed by atoms with E-state index >= 15 is 0 Å². The number of carbonyl (C=O) groups is 1. The lowest BCUT2D eigenvalue weighted by atomic mass is 10.0. The summed E-state index contributed by atoms with van der Waals surface area (Å²) in [5.41, 5.74) is 10.2. The van der Waals surface area contributed by atoms with Crippen molar-refractivity contribution in [2.45, 2.75) is 0 Å². The molecule has 5 rings (SSSR count). The second kappa shape index (κ2) is 6.79. The van der Waals surface area contributed by atoms with Crippen LogP contribution in [0.3, 0.4) is 0 Å². The largest absolute Gasteiger partial charge is 0.454 e. The number of nitrogens with zero attached hydrogens (tertiary/aromatic N) is 2. The molecule has 0 unspecified atom stereocenters. The lowest BCUT2D eigenvalue weighted by Crippen LogP contribution is -2.10. The Morgan fingerprint density at radius 3 is 2.48 bits per heavy atom. The number of ether oxygens (including phenoxy) is 2. The molecule has 3 heterocycles. The number of rotatable bonds is 4. The van der Waals surface area contributed by atoms with Gasteiger partial charge >= 0.3 is 0 Å². The maximum Gasteiger partial charge on any atom is 0.248 e. The van der Waals surface area contributed by atoms with Crippen molar-refractivity contribution in [3.05, 3.63) is 72.6 Å². The highest BCUT2D eigenvalue weighted by atomic mass is 16.7. The first-order valence-electron chi connectivity index (χ1n) is 8.99. The highest BCUT2D eigenvalue weighted by Gasteiger charge is 2.14. The summed E-state index contributed by atoms with van der Waals surface area (Å²) in [5, 5.41) is 0. The zero-order valence-corrected chi connectivity index (χ0v) is 15.3. The highest BCUT2D eigenvalue weighted by Crippen LogP contribution is 2.36. The molecule has 4 aromatic rings. The second-order valence-corrected chi connectivity index (χ2v) is 6.58. The molecule has 1 aliphatic rings. The van der Waals surface area contributed by atoms with Gasteiger partial charge in [-0.15, -0.1) is 0 Å². The fourth-order valence-electron chi connectivity index (χ4n) is 3.22. The minimum absolute atomic E-state index is 0.248. The number of pyridine rings is 1. The molecule has 7 heteroatoms. The SMILES string of the molecule is NC(=O)c1ccc(-c2ncc(-c3cc(-c4ccc5c(c4)OCO5)ccn3)[nH]2)cc1. The Morgan fingerprint density at radius 1 is 0.897 bits per heavy atom. The van der Waals surface area contributed by atoms with Gasteiger partial charge in [-0.2, -0.15) is 0 Å². The molecule has 0 fully saturated rings. The number of hydrogen-bond donors (Lipinski definition) is 2. The summed E-state index contributed by atoms with van der Waals surface area (Å²) in [5.74, 6) is 1.72. The third-order valence-corrected chi connectivity index (χ3v) is 4.76. The van der Waals surface area contributed by atoms with Crippen molar-refractivity contribution in [1.29, 1.82) is 0 Å². The molecule has 0 radical (unpaired) electrons. The second-order valence-electron chi connectivity index (χ2n) is 6.58. The molecule has 0 saturated carbocycles. The van der Waals surface area contributed by atoms with Crippen LogP contribution in [0.15, 0.2) is 67.0 Å². The molecule has 1 amide bonds. The van der Waals surface area contributed by atoms with Gasteiger partial charge in [0.05, 0.1) is 17.6 Å². The Hall–Kier alpha value is -4.13. The molecule has 0 aliphatic carbocycles. The van der Waals surface area contributed by atoms with Gasteiger partial charge in [0.15, 0.2) is 11.5 Å².